The summed E-state index contributed by atoms with van der Waals surface area (Å²) >= 11 is 2.75. The van der Waals surface area contributed by atoms with Crippen molar-refractivity contribution in [2.75, 3.05) is 26.3 Å². The lowest BCUT2D eigenvalue weighted by Crippen LogP contribution is -2.41. The molecule has 0 saturated carbocycles. The van der Waals surface area contributed by atoms with Gasteiger partial charge in [0, 0.05) is 18.1 Å². The Morgan fingerprint density at radius 3 is 2.58 bits per heavy atom. The van der Waals surface area contributed by atoms with Gasteiger partial charge in [-0.3, -0.25) is 4.90 Å². The molecule has 12 heavy (non-hydrogen) atoms. The Morgan fingerprint density at radius 2 is 2.08 bits per heavy atom. The number of halogens is 3. The molecule has 0 aromatic rings. The number of nitrogens with zero attached hydrogens (tertiary/aromatic N) is 1. The highest BCUT2D eigenvalue weighted by Crippen LogP contribution is 2.16. The van der Waals surface area contributed by atoms with Crippen LogP contribution >= 0.6 is 15.9 Å². The summed E-state index contributed by atoms with van der Waals surface area (Å²) in [7, 11) is 0. The van der Waals surface area contributed by atoms with E-state index in [9.17, 15) is 8.78 Å². The first kappa shape index (κ1) is 10.1. The second kappa shape index (κ2) is 4.89. The minimum Gasteiger partial charge on any atom is -0.379 e. The molecule has 1 rings (SSSR count). The maximum Gasteiger partial charge on any atom is 0.206 e. The van der Waals surface area contributed by atoms with Crippen molar-refractivity contribution < 1.29 is 13.5 Å². The van der Waals surface area contributed by atoms with Gasteiger partial charge in [0.15, 0.2) is 5.83 Å². The molecule has 0 bridgehead atoms. The third kappa shape index (κ3) is 2.50. The van der Waals surface area contributed by atoms with Crippen molar-refractivity contribution in [1.82, 2.24) is 4.90 Å². The van der Waals surface area contributed by atoms with Gasteiger partial charge in [0.05, 0.1) is 13.2 Å². The molecule has 1 unspecified atom stereocenters. The van der Waals surface area contributed by atoms with Crippen LogP contribution in [0.3, 0.4) is 0 Å². The molecular weight excluding hydrogens is 232 g/mol. The minimum atomic E-state index is -1.63. The van der Waals surface area contributed by atoms with Crippen LogP contribution in [0.25, 0.3) is 0 Å². The van der Waals surface area contributed by atoms with Gasteiger partial charge in [-0.25, -0.2) is 8.78 Å². The van der Waals surface area contributed by atoms with Crippen LogP contribution in [0.1, 0.15) is 0 Å². The Balaban J connectivity index is 2.44. The molecule has 0 N–H and O–H groups in total. The van der Waals surface area contributed by atoms with Gasteiger partial charge >= 0.3 is 0 Å². The Morgan fingerprint density at radius 1 is 1.50 bits per heavy atom. The fraction of sp³-hybridized carbons (Fsp3) is 0.714. The van der Waals surface area contributed by atoms with E-state index in [2.05, 4.69) is 15.9 Å². The van der Waals surface area contributed by atoms with E-state index in [0.29, 0.717) is 26.3 Å². The highest BCUT2D eigenvalue weighted by Gasteiger charge is 2.23. The number of morpholine rings is 1. The van der Waals surface area contributed by atoms with Crippen LogP contribution in [0, 0.1) is 0 Å². The summed E-state index contributed by atoms with van der Waals surface area (Å²) in [5.41, 5.74) is 0. The van der Waals surface area contributed by atoms with Gasteiger partial charge in [-0.1, -0.05) is 15.9 Å². The van der Waals surface area contributed by atoms with E-state index in [1.165, 1.54) is 4.90 Å². The number of rotatable bonds is 2. The van der Waals surface area contributed by atoms with E-state index >= 15 is 0 Å². The van der Waals surface area contributed by atoms with Crippen molar-refractivity contribution in [2.24, 2.45) is 0 Å². The summed E-state index contributed by atoms with van der Waals surface area (Å²) in [5.74, 6) is -0.795. The van der Waals surface area contributed by atoms with Crippen LogP contribution in [0.2, 0.25) is 0 Å². The molecule has 1 heterocycles. The van der Waals surface area contributed by atoms with Gasteiger partial charge in [0.25, 0.3) is 0 Å². The fourth-order valence-corrected chi connectivity index (χ4v) is 1.25. The summed E-state index contributed by atoms with van der Waals surface area (Å²) in [6.07, 6.45) is -1.63. The zero-order valence-electron chi connectivity index (χ0n) is 6.47. The van der Waals surface area contributed by atoms with Gasteiger partial charge in [-0.05, 0) is 0 Å². The van der Waals surface area contributed by atoms with Crippen molar-refractivity contribution in [3.8, 4) is 0 Å². The molecule has 0 amide bonds. The molecule has 0 spiro atoms. The summed E-state index contributed by atoms with van der Waals surface area (Å²) < 4.78 is 30.7. The second-order valence-corrected chi connectivity index (χ2v) is 2.94. The molecule has 1 aliphatic heterocycles. The monoisotopic (exact) mass is 241 g/mol. The second-order valence-electron chi connectivity index (χ2n) is 2.48. The Bertz CT molecular complexity index is 171. The zero-order valence-corrected chi connectivity index (χ0v) is 8.06. The van der Waals surface area contributed by atoms with Crippen LogP contribution in [0.15, 0.2) is 10.8 Å². The Kier molecular flexibility index (Phi) is 4.11. The molecule has 1 aliphatic rings. The van der Waals surface area contributed by atoms with Gasteiger partial charge in [0.2, 0.25) is 6.30 Å². The van der Waals surface area contributed by atoms with E-state index < -0.39 is 12.1 Å². The first-order valence-electron chi connectivity index (χ1n) is 3.67. The predicted octanol–water partition coefficient (Wildman–Crippen LogP) is 1.82. The van der Waals surface area contributed by atoms with Crippen molar-refractivity contribution in [3.05, 3.63) is 10.8 Å². The first-order chi connectivity index (χ1) is 5.75. The highest BCUT2D eigenvalue weighted by molar-refractivity contribution is 9.11. The average Bonchev–Trinajstić information content (AvgIpc) is 2.17. The number of ether oxygens (including phenoxy) is 1. The van der Waals surface area contributed by atoms with Crippen molar-refractivity contribution >= 4 is 15.9 Å². The van der Waals surface area contributed by atoms with Crippen LogP contribution in [0.4, 0.5) is 8.78 Å². The van der Waals surface area contributed by atoms with E-state index in [-0.39, 0.29) is 0 Å². The number of alkyl halides is 1. The molecular formula is C7H10BrF2NO. The van der Waals surface area contributed by atoms with Crippen LogP contribution in [-0.2, 0) is 4.74 Å². The molecule has 0 aromatic carbocycles. The molecule has 1 atom stereocenters. The summed E-state index contributed by atoms with van der Waals surface area (Å²) in [6, 6.07) is 0. The van der Waals surface area contributed by atoms with Gasteiger partial charge < -0.3 is 4.74 Å². The van der Waals surface area contributed by atoms with Gasteiger partial charge in [0.1, 0.15) is 0 Å². The minimum absolute atomic E-state index is 0.440. The molecule has 1 saturated heterocycles. The maximum atomic E-state index is 13.1. The van der Waals surface area contributed by atoms with E-state index in [0.717, 1.165) is 4.99 Å². The third-order valence-corrected chi connectivity index (χ3v) is 2.14. The van der Waals surface area contributed by atoms with Crippen molar-refractivity contribution in [3.63, 3.8) is 0 Å². The SMILES string of the molecule is F/C(=C\Br)C(F)N1CCOCC1. The van der Waals surface area contributed by atoms with Crippen LogP contribution in [0.5, 0.6) is 0 Å². The molecule has 0 aliphatic carbocycles. The van der Waals surface area contributed by atoms with Crippen LogP contribution in [-0.4, -0.2) is 37.5 Å². The highest BCUT2D eigenvalue weighted by atomic mass is 79.9. The van der Waals surface area contributed by atoms with Gasteiger partial charge in [-0.15, -0.1) is 0 Å². The van der Waals surface area contributed by atoms with Crippen molar-refractivity contribution in [1.29, 1.82) is 0 Å². The maximum absolute atomic E-state index is 13.1. The van der Waals surface area contributed by atoms with Crippen LogP contribution < -0.4 is 0 Å². The van der Waals surface area contributed by atoms with E-state index in [1.54, 1.807) is 0 Å². The summed E-state index contributed by atoms with van der Waals surface area (Å²) in [6.45, 7) is 1.82. The average molecular weight is 242 g/mol. The van der Waals surface area contributed by atoms with E-state index in [1.807, 2.05) is 0 Å². The van der Waals surface area contributed by atoms with E-state index in [4.69, 9.17) is 4.74 Å². The Hall–Kier alpha value is -0.0000000000000000416. The zero-order chi connectivity index (χ0) is 8.97. The first-order valence-corrected chi connectivity index (χ1v) is 4.59. The quantitative estimate of drug-likeness (QED) is 0.685. The standard InChI is InChI=1S/C7H10BrF2NO/c8-5-6(9)7(10)11-1-3-12-4-2-11/h5,7H,1-4H2/b6-5-. The van der Waals surface area contributed by atoms with Crippen molar-refractivity contribution in [2.45, 2.75) is 6.30 Å². The normalized spacial score (nSPS) is 24.1. The summed E-state index contributed by atoms with van der Waals surface area (Å²) in [5, 5.41) is 0. The molecule has 0 aromatic heterocycles. The lowest BCUT2D eigenvalue weighted by molar-refractivity contribution is -0.0140. The molecule has 5 heteroatoms. The summed E-state index contributed by atoms with van der Waals surface area (Å²) in [4.78, 5) is 2.36. The topological polar surface area (TPSA) is 12.5 Å². The Labute approximate surface area is 78.3 Å². The molecule has 70 valence electrons. The lowest BCUT2D eigenvalue weighted by atomic mass is 10.4. The predicted molar refractivity (Wildman–Crippen MR) is 45.4 cm³/mol. The largest absolute Gasteiger partial charge is 0.379 e. The molecule has 0 radical (unpaired) electrons. The third-order valence-electron chi connectivity index (χ3n) is 1.70. The smallest absolute Gasteiger partial charge is 0.206 e. The van der Waals surface area contributed by atoms with Gasteiger partial charge in [-0.2, -0.15) is 0 Å². The fourth-order valence-electron chi connectivity index (χ4n) is 1.03. The molecule has 1 fully saturated rings. The number of hydrogen-bond donors (Lipinski definition) is 0. The lowest BCUT2D eigenvalue weighted by Gasteiger charge is -2.28. The number of hydrogen-bond acceptors (Lipinski definition) is 2. The molecule has 2 nitrogen and oxygen atoms in total.